The molecule has 0 aliphatic heterocycles. The Morgan fingerprint density at radius 1 is 0.269 bits per heavy atom. The molecule has 1 unspecified atom stereocenters. The van der Waals surface area contributed by atoms with E-state index in [1.165, 1.54) is 109 Å². The van der Waals surface area contributed by atoms with Gasteiger partial charge >= 0.3 is 17.9 Å². The molecule has 0 spiro atoms. The van der Waals surface area contributed by atoms with E-state index in [0.717, 1.165) is 135 Å². The number of ether oxygens (including phenoxy) is 3. The molecule has 0 aromatic heterocycles. The molecule has 0 saturated carbocycles. The van der Waals surface area contributed by atoms with Crippen molar-refractivity contribution in [3.63, 3.8) is 0 Å². The summed E-state index contributed by atoms with van der Waals surface area (Å²) in [4.78, 5) is 38.2. The molecule has 0 N–H and O–H groups in total. The van der Waals surface area contributed by atoms with Crippen LogP contribution in [0.2, 0.25) is 0 Å². The summed E-state index contributed by atoms with van der Waals surface area (Å²) in [7, 11) is 0. The maximum absolute atomic E-state index is 12.9. The van der Waals surface area contributed by atoms with Gasteiger partial charge in [0.15, 0.2) is 6.10 Å². The molecule has 0 aromatic carbocycles. The van der Waals surface area contributed by atoms with Crippen LogP contribution in [0.5, 0.6) is 0 Å². The summed E-state index contributed by atoms with van der Waals surface area (Å²) in [5.74, 6) is -0.903. The zero-order valence-corrected chi connectivity index (χ0v) is 50.6. The smallest absolute Gasteiger partial charge is 0.306 e. The molecule has 6 nitrogen and oxygen atoms in total. The molecular formula is C72H118O6. The van der Waals surface area contributed by atoms with Gasteiger partial charge in [-0.25, -0.2) is 0 Å². The molecule has 0 aliphatic carbocycles. The topological polar surface area (TPSA) is 78.9 Å². The lowest BCUT2D eigenvalue weighted by Crippen LogP contribution is -2.30. The summed E-state index contributed by atoms with van der Waals surface area (Å²) in [6, 6.07) is 0. The minimum atomic E-state index is -0.788. The molecule has 0 heterocycles. The first-order valence-corrected chi connectivity index (χ1v) is 32.2. The molecule has 1 atom stereocenters. The van der Waals surface area contributed by atoms with Crippen LogP contribution in [-0.4, -0.2) is 37.2 Å². The number of hydrogen-bond acceptors (Lipinski definition) is 6. The Labute approximate surface area is 481 Å². The fourth-order valence-corrected chi connectivity index (χ4v) is 8.65. The van der Waals surface area contributed by atoms with Crippen molar-refractivity contribution in [1.29, 1.82) is 0 Å². The second kappa shape index (κ2) is 65.1. The van der Waals surface area contributed by atoms with Crippen LogP contribution in [0, 0.1) is 0 Å². The number of allylic oxidation sites excluding steroid dienone is 22. The highest BCUT2D eigenvalue weighted by molar-refractivity contribution is 5.71. The van der Waals surface area contributed by atoms with E-state index in [4.69, 9.17) is 14.2 Å². The average molecular weight is 1080 g/mol. The largest absolute Gasteiger partial charge is 0.462 e. The summed E-state index contributed by atoms with van der Waals surface area (Å²) >= 11 is 0. The van der Waals surface area contributed by atoms with Crippen LogP contribution in [0.1, 0.15) is 284 Å². The summed E-state index contributed by atoms with van der Waals surface area (Å²) in [6.07, 6.45) is 91.8. The van der Waals surface area contributed by atoms with Gasteiger partial charge in [-0.15, -0.1) is 0 Å². The first kappa shape index (κ1) is 73.5. The SMILES string of the molecule is CC/C=C\C/C=C\C/C=C\C/C=C\C/C=C\C/C=C\CCCCCCCCCCCCC(=O)OCC(COC(=O)CCCCCCCCCC)OC(=O)CCCCCCCCC/C=C\C/C=C\C/C=C\C/C=C\C/C=C\CC. The predicted molar refractivity (Wildman–Crippen MR) is 339 cm³/mol. The van der Waals surface area contributed by atoms with E-state index < -0.39 is 6.10 Å². The monoisotopic (exact) mass is 1080 g/mol. The zero-order valence-electron chi connectivity index (χ0n) is 50.6. The molecule has 0 fully saturated rings. The maximum atomic E-state index is 12.9. The number of unbranched alkanes of at least 4 members (excludes halogenated alkanes) is 24. The van der Waals surface area contributed by atoms with Gasteiger partial charge in [-0.2, -0.15) is 0 Å². The van der Waals surface area contributed by atoms with Gasteiger partial charge < -0.3 is 14.2 Å². The van der Waals surface area contributed by atoms with Crippen LogP contribution < -0.4 is 0 Å². The molecule has 0 radical (unpaired) electrons. The summed E-state index contributed by atoms with van der Waals surface area (Å²) in [5.41, 5.74) is 0. The Morgan fingerprint density at radius 2 is 0.500 bits per heavy atom. The van der Waals surface area contributed by atoms with Crippen molar-refractivity contribution in [1.82, 2.24) is 0 Å². The van der Waals surface area contributed by atoms with E-state index in [1.54, 1.807) is 0 Å². The van der Waals surface area contributed by atoms with Crippen molar-refractivity contribution in [2.45, 2.75) is 290 Å². The Morgan fingerprint density at radius 3 is 0.782 bits per heavy atom. The molecule has 0 rings (SSSR count). The summed E-state index contributed by atoms with van der Waals surface area (Å²) < 4.78 is 16.9. The molecule has 442 valence electrons. The minimum Gasteiger partial charge on any atom is -0.462 e. The second-order valence-electron chi connectivity index (χ2n) is 20.9. The maximum Gasteiger partial charge on any atom is 0.306 e. The van der Waals surface area contributed by atoms with Gasteiger partial charge in [-0.1, -0.05) is 283 Å². The number of carbonyl (C=O) groups excluding carboxylic acids is 3. The van der Waals surface area contributed by atoms with Crippen molar-refractivity contribution in [3.8, 4) is 0 Å². The first-order chi connectivity index (χ1) is 38.5. The third kappa shape index (κ3) is 62.4. The number of rotatable bonds is 57. The van der Waals surface area contributed by atoms with Gasteiger partial charge in [0.1, 0.15) is 13.2 Å². The fraction of sp³-hybridized carbons (Fsp3) is 0.653. The fourth-order valence-electron chi connectivity index (χ4n) is 8.65. The average Bonchev–Trinajstić information content (AvgIpc) is 3.44. The lowest BCUT2D eigenvalue weighted by Gasteiger charge is -2.18. The quantitative estimate of drug-likeness (QED) is 0.0261. The van der Waals surface area contributed by atoms with Crippen molar-refractivity contribution < 1.29 is 28.6 Å². The molecule has 78 heavy (non-hydrogen) atoms. The standard InChI is InChI=1S/C72H118O6/c1-4-7-10-13-16-19-21-23-25-27-29-31-33-34-35-36-37-38-40-41-43-45-47-49-51-53-56-59-62-65-71(74)77-68-69(67-76-70(73)64-61-58-55-18-15-12-9-6-3)78-72(75)66-63-60-57-54-52-50-48-46-44-42-39-32-30-28-26-24-22-20-17-14-11-8-5-2/h7-8,10-11,16-17,19-20,23-26,29-32,34-35,37-38,42,44,69H,4-6,9,12-15,18,21-22,27-28,33,36,39-41,43,45-68H2,1-3H3/b10-7-,11-8-,19-16-,20-17-,25-23-,26-24-,31-29-,32-30-,35-34-,38-37-,44-42-. The third-order valence-electron chi connectivity index (χ3n) is 13.4. The van der Waals surface area contributed by atoms with Crippen LogP contribution in [0.4, 0.5) is 0 Å². The number of hydrogen-bond donors (Lipinski definition) is 0. The van der Waals surface area contributed by atoms with E-state index in [0.29, 0.717) is 19.3 Å². The van der Waals surface area contributed by atoms with Gasteiger partial charge in [0.2, 0.25) is 0 Å². The van der Waals surface area contributed by atoms with E-state index in [1.807, 2.05) is 0 Å². The zero-order chi connectivity index (χ0) is 56.4. The first-order valence-electron chi connectivity index (χ1n) is 32.2. The van der Waals surface area contributed by atoms with E-state index >= 15 is 0 Å². The molecular weight excluding hydrogens is 961 g/mol. The van der Waals surface area contributed by atoms with E-state index in [2.05, 4.69) is 154 Å². The van der Waals surface area contributed by atoms with Crippen LogP contribution in [0.25, 0.3) is 0 Å². The van der Waals surface area contributed by atoms with Gasteiger partial charge in [0.25, 0.3) is 0 Å². The van der Waals surface area contributed by atoms with Crippen LogP contribution in [-0.2, 0) is 28.6 Å². The molecule has 0 aliphatic rings. The van der Waals surface area contributed by atoms with E-state index in [9.17, 15) is 14.4 Å². The van der Waals surface area contributed by atoms with Crippen molar-refractivity contribution in [2.24, 2.45) is 0 Å². The van der Waals surface area contributed by atoms with Crippen LogP contribution in [0.3, 0.4) is 0 Å². The molecule has 0 saturated heterocycles. The van der Waals surface area contributed by atoms with Gasteiger partial charge in [0.05, 0.1) is 0 Å². The Balaban J connectivity index is 4.22. The summed E-state index contributed by atoms with van der Waals surface area (Å²) in [6.45, 7) is 6.38. The highest BCUT2D eigenvalue weighted by Gasteiger charge is 2.19. The predicted octanol–water partition coefficient (Wildman–Crippen LogP) is 22.2. The normalized spacial score (nSPS) is 13.0. The Kier molecular flexibility index (Phi) is 61.4. The van der Waals surface area contributed by atoms with Crippen LogP contribution in [0.15, 0.2) is 134 Å². The molecule has 0 amide bonds. The number of esters is 3. The van der Waals surface area contributed by atoms with Gasteiger partial charge in [-0.05, 0) is 116 Å². The number of carbonyl (C=O) groups is 3. The van der Waals surface area contributed by atoms with Crippen molar-refractivity contribution >= 4 is 17.9 Å². The molecule has 0 bridgehead atoms. The second-order valence-corrected chi connectivity index (χ2v) is 20.9. The van der Waals surface area contributed by atoms with E-state index in [-0.39, 0.29) is 31.1 Å². The van der Waals surface area contributed by atoms with Gasteiger partial charge in [-0.3, -0.25) is 14.4 Å². The van der Waals surface area contributed by atoms with Crippen molar-refractivity contribution in [3.05, 3.63) is 134 Å². The Bertz CT molecular complexity index is 1670. The highest BCUT2D eigenvalue weighted by atomic mass is 16.6. The molecule has 0 aromatic rings. The highest BCUT2D eigenvalue weighted by Crippen LogP contribution is 2.15. The van der Waals surface area contributed by atoms with Gasteiger partial charge in [0, 0.05) is 19.3 Å². The Hall–Kier alpha value is -4.45. The lowest BCUT2D eigenvalue weighted by molar-refractivity contribution is -0.167. The minimum absolute atomic E-state index is 0.0853. The van der Waals surface area contributed by atoms with Crippen molar-refractivity contribution in [2.75, 3.05) is 13.2 Å². The molecule has 6 heteroatoms. The van der Waals surface area contributed by atoms with Crippen LogP contribution >= 0.6 is 0 Å². The third-order valence-corrected chi connectivity index (χ3v) is 13.4. The lowest BCUT2D eigenvalue weighted by atomic mass is 10.1. The summed E-state index contributed by atoms with van der Waals surface area (Å²) in [5, 5.41) is 0.